The van der Waals surface area contributed by atoms with Crippen LogP contribution in [-0.4, -0.2) is 11.1 Å². The van der Waals surface area contributed by atoms with Crippen LogP contribution in [0, 0.1) is 12.3 Å². The van der Waals surface area contributed by atoms with E-state index in [0.717, 1.165) is 5.56 Å². The van der Waals surface area contributed by atoms with Gasteiger partial charge in [0.15, 0.2) is 0 Å². The Balaban J connectivity index is 2.58. The zero-order chi connectivity index (χ0) is 11.3. The number of aromatic hydroxyl groups is 1. The Morgan fingerprint density at radius 2 is 2.33 bits per heavy atom. The van der Waals surface area contributed by atoms with Gasteiger partial charge in [-0.1, -0.05) is 12.1 Å². The Morgan fingerprint density at radius 1 is 1.60 bits per heavy atom. The van der Waals surface area contributed by atoms with Crippen molar-refractivity contribution >= 4 is 15.9 Å². The summed E-state index contributed by atoms with van der Waals surface area (Å²) in [6, 6.07) is 5.85. The third kappa shape index (κ3) is 3.58. The first-order valence-corrected chi connectivity index (χ1v) is 5.57. The lowest BCUT2D eigenvalue weighted by molar-refractivity contribution is 0.456. The van der Waals surface area contributed by atoms with Crippen LogP contribution in [0.1, 0.15) is 18.9 Å². The number of benzene rings is 1. The number of hydrogen-bond donors (Lipinski definition) is 2. The molecule has 0 aliphatic rings. The molecule has 0 saturated carbocycles. The highest BCUT2D eigenvalue weighted by Gasteiger charge is 2.05. The first kappa shape index (κ1) is 12.1. The average Bonchev–Trinajstić information content (AvgIpc) is 2.21. The number of nitrogens with one attached hydrogen (secondary N) is 1. The number of phenolic OH excluding ortho intramolecular Hbond substituents is 1. The molecule has 80 valence electrons. The number of hydrogen-bond acceptors (Lipinski definition) is 2. The first-order valence-electron chi connectivity index (χ1n) is 4.78. The minimum atomic E-state index is 0.258. The standard InChI is InChI=1S/C12H14BrNO/c1-3-5-9(2)14-8-10-6-4-7-11(13)12(10)15/h1,4,6-7,9,14-15H,5,8H2,2H3. The summed E-state index contributed by atoms with van der Waals surface area (Å²) in [4.78, 5) is 0. The quantitative estimate of drug-likeness (QED) is 0.823. The largest absolute Gasteiger partial charge is 0.506 e. The van der Waals surface area contributed by atoms with Gasteiger partial charge in [0, 0.05) is 24.6 Å². The van der Waals surface area contributed by atoms with Gasteiger partial charge in [-0.3, -0.25) is 0 Å². The second-order valence-corrected chi connectivity index (χ2v) is 4.29. The molecular weight excluding hydrogens is 254 g/mol. The van der Waals surface area contributed by atoms with E-state index in [0.29, 0.717) is 17.4 Å². The fraction of sp³-hybridized carbons (Fsp3) is 0.333. The molecule has 1 aromatic rings. The van der Waals surface area contributed by atoms with Gasteiger partial charge in [0.05, 0.1) is 4.47 Å². The van der Waals surface area contributed by atoms with Gasteiger partial charge in [-0.2, -0.15) is 0 Å². The van der Waals surface area contributed by atoms with E-state index in [4.69, 9.17) is 6.42 Å². The normalized spacial score (nSPS) is 12.1. The van der Waals surface area contributed by atoms with E-state index >= 15 is 0 Å². The molecule has 0 aliphatic carbocycles. The monoisotopic (exact) mass is 267 g/mol. The van der Waals surface area contributed by atoms with Gasteiger partial charge in [0.2, 0.25) is 0 Å². The van der Waals surface area contributed by atoms with Crippen LogP contribution in [0.2, 0.25) is 0 Å². The molecule has 2 N–H and O–H groups in total. The summed E-state index contributed by atoms with van der Waals surface area (Å²) in [6.45, 7) is 2.64. The van der Waals surface area contributed by atoms with Gasteiger partial charge in [0.1, 0.15) is 5.75 Å². The third-order valence-electron chi connectivity index (χ3n) is 2.14. The zero-order valence-corrected chi connectivity index (χ0v) is 10.2. The lowest BCUT2D eigenvalue weighted by atomic mass is 10.2. The van der Waals surface area contributed by atoms with Crippen LogP contribution in [0.4, 0.5) is 0 Å². The van der Waals surface area contributed by atoms with E-state index in [1.54, 1.807) is 0 Å². The van der Waals surface area contributed by atoms with E-state index in [-0.39, 0.29) is 11.8 Å². The van der Waals surface area contributed by atoms with Gasteiger partial charge in [-0.25, -0.2) is 0 Å². The van der Waals surface area contributed by atoms with Crippen LogP contribution in [0.3, 0.4) is 0 Å². The highest BCUT2D eigenvalue weighted by molar-refractivity contribution is 9.10. The van der Waals surface area contributed by atoms with E-state index in [9.17, 15) is 5.11 Å². The van der Waals surface area contributed by atoms with Crippen LogP contribution < -0.4 is 5.32 Å². The summed E-state index contributed by atoms with van der Waals surface area (Å²) in [6.07, 6.45) is 5.89. The molecule has 1 atom stereocenters. The SMILES string of the molecule is C#CCC(C)NCc1cccc(Br)c1O. The number of phenols is 1. The first-order chi connectivity index (χ1) is 7.15. The fourth-order valence-corrected chi connectivity index (χ4v) is 1.64. The minimum Gasteiger partial charge on any atom is -0.506 e. The van der Waals surface area contributed by atoms with Gasteiger partial charge in [-0.05, 0) is 28.9 Å². The van der Waals surface area contributed by atoms with Crippen molar-refractivity contribution in [3.05, 3.63) is 28.2 Å². The predicted molar refractivity (Wildman–Crippen MR) is 65.6 cm³/mol. The van der Waals surface area contributed by atoms with Crippen LogP contribution in [0.15, 0.2) is 22.7 Å². The second kappa shape index (κ2) is 5.79. The van der Waals surface area contributed by atoms with Crippen molar-refractivity contribution in [3.8, 4) is 18.1 Å². The highest BCUT2D eigenvalue weighted by atomic mass is 79.9. The number of halogens is 1. The average molecular weight is 268 g/mol. The molecule has 0 amide bonds. The maximum Gasteiger partial charge on any atom is 0.134 e. The van der Waals surface area contributed by atoms with Crippen molar-refractivity contribution in [2.24, 2.45) is 0 Å². The number of para-hydroxylation sites is 1. The lowest BCUT2D eigenvalue weighted by Crippen LogP contribution is -2.24. The van der Waals surface area contributed by atoms with Crippen LogP contribution in [-0.2, 0) is 6.54 Å². The van der Waals surface area contributed by atoms with E-state index < -0.39 is 0 Å². The van der Waals surface area contributed by atoms with Crippen molar-refractivity contribution in [1.82, 2.24) is 5.32 Å². The molecule has 0 radical (unpaired) electrons. The van der Waals surface area contributed by atoms with E-state index in [1.165, 1.54) is 0 Å². The van der Waals surface area contributed by atoms with Crippen molar-refractivity contribution < 1.29 is 5.11 Å². The molecule has 0 bridgehead atoms. The molecule has 0 spiro atoms. The summed E-state index contributed by atoms with van der Waals surface area (Å²) in [5.41, 5.74) is 0.869. The highest BCUT2D eigenvalue weighted by Crippen LogP contribution is 2.27. The summed E-state index contributed by atoms with van der Waals surface area (Å²) in [5.74, 6) is 2.89. The van der Waals surface area contributed by atoms with Gasteiger partial charge < -0.3 is 10.4 Å². The van der Waals surface area contributed by atoms with Crippen LogP contribution >= 0.6 is 15.9 Å². The van der Waals surface area contributed by atoms with Crippen molar-refractivity contribution in [3.63, 3.8) is 0 Å². The summed E-state index contributed by atoms with van der Waals surface area (Å²) < 4.78 is 0.714. The molecule has 0 saturated heterocycles. The summed E-state index contributed by atoms with van der Waals surface area (Å²) in [5, 5.41) is 13.0. The Bertz CT molecular complexity index is 370. The van der Waals surface area contributed by atoms with Crippen LogP contribution in [0.25, 0.3) is 0 Å². The van der Waals surface area contributed by atoms with Gasteiger partial charge in [0.25, 0.3) is 0 Å². The van der Waals surface area contributed by atoms with E-state index in [1.807, 2.05) is 25.1 Å². The molecule has 0 aromatic heterocycles. The summed E-state index contributed by atoms with van der Waals surface area (Å²) in [7, 11) is 0. The predicted octanol–water partition coefficient (Wildman–Crippen LogP) is 2.66. The molecule has 0 aliphatic heterocycles. The Kier molecular flexibility index (Phi) is 4.67. The molecule has 3 heteroatoms. The topological polar surface area (TPSA) is 32.3 Å². The second-order valence-electron chi connectivity index (χ2n) is 3.44. The maximum absolute atomic E-state index is 9.71. The van der Waals surface area contributed by atoms with Crippen molar-refractivity contribution in [2.75, 3.05) is 0 Å². The zero-order valence-electron chi connectivity index (χ0n) is 8.63. The Morgan fingerprint density at radius 3 is 3.00 bits per heavy atom. The third-order valence-corrected chi connectivity index (χ3v) is 2.78. The fourth-order valence-electron chi connectivity index (χ4n) is 1.24. The molecule has 2 nitrogen and oxygen atoms in total. The minimum absolute atomic E-state index is 0.258. The summed E-state index contributed by atoms with van der Waals surface area (Å²) >= 11 is 3.27. The molecule has 1 aromatic carbocycles. The Hall–Kier alpha value is -0.980. The van der Waals surface area contributed by atoms with Gasteiger partial charge >= 0.3 is 0 Å². The smallest absolute Gasteiger partial charge is 0.134 e. The molecule has 1 rings (SSSR count). The maximum atomic E-state index is 9.71. The molecule has 0 fully saturated rings. The number of terminal acetylenes is 1. The lowest BCUT2D eigenvalue weighted by Gasteiger charge is -2.12. The van der Waals surface area contributed by atoms with Crippen LogP contribution in [0.5, 0.6) is 5.75 Å². The van der Waals surface area contributed by atoms with E-state index in [2.05, 4.69) is 27.2 Å². The molecular formula is C12H14BrNO. The molecule has 0 heterocycles. The molecule has 1 unspecified atom stereocenters. The van der Waals surface area contributed by atoms with Crippen molar-refractivity contribution in [2.45, 2.75) is 25.9 Å². The van der Waals surface area contributed by atoms with Gasteiger partial charge in [-0.15, -0.1) is 12.3 Å². The van der Waals surface area contributed by atoms with Crippen molar-refractivity contribution in [1.29, 1.82) is 0 Å². The molecule has 15 heavy (non-hydrogen) atoms. The Labute approximate surface area is 98.8 Å². The number of rotatable bonds is 4.